The van der Waals surface area contributed by atoms with Gasteiger partial charge < -0.3 is 10.2 Å². The molecule has 0 aromatic heterocycles. The highest BCUT2D eigenvalue weighted by atomic mass is 16.2. The van der Waals surface area contributed by atoms with E-state index in [1.54, 1.807) is 0 Å². The highest BCUT2D eigenvalue weighted by molar-refractivity contribution is 5.78. The van der Waals surface area contributed by atoms with Crippen molar-refractivity contribution in [1.82, 2.24) is 10.2 Å². The number of carbonyl (C=O) groups is 1. The topological polar surface area (TPSA) is 32.3 Å². The summed E-state index contributed by atoms with van der Waals surface area (Å²) in [5, 5.41) is 3.24. The molecule has 1 aliphatic heterocycles. The Kier molecular flexibility index (Phi) is 3.85. The maximum atomic E-state index is 12.2. The molecule has 1 saturated carbocycles. The van der Waals surface area contributed by atoms with E-state index in [1.807, 2.05) is 11.9 Å². The molecular weight excluding hydrogens is 200 g/mol. The van der Waals surface area contributed by atoms with Crippen molar-refractivity contribution in [2.45, 2.75) is 32.6 Å². The van der Waals surface area contributed by atoms with Gasteiger partial charge in [0.05, 0.1) is 0 Å². The minimum atomic E-state index is 0.202. The zero-order chi connectivity index (χ0) is 11.5. The molecule has 0 aromatic rings. The average Bonchev–Trinajstić information content (AvgIpc) is 2.66. The Hall–Kier alpha value is -0.570. The van der Waals surface area contributed by atoms with Gasteiger partial charge in [0.15, 0.2) is 0 Å². The van der Waals surface area contributed by atoms with Crippen molar-refractivity contribution >= 4 is 5.91 Å². The number of hydrogen-bond acceptors (Lipinski definition) is 2. The van der Waals surface area contributed by atoms with Crippen LogP contribution >= 0.6 is 0 Å². The smallest absolute Gasteiger partial charge is 0.225 e. The fourth-order valence-electron chi connectivity index (χ4n) is 2.88. The first-order valence-corrected chi connectivity index (χ1v) is 6.64. The second-order valence-electron chi connectivity index (χ2n) is 5.58. The van der Waals surface area contributed by atoms with Crippen LogP contribution in [0.3, 0.4) is 0 Å². The first-order chi connectivity index (χ1) is 7.68. The van der Waals surface area contributed by atoms with Crippen molar-refractivity contribution in [3.05, 3.63) is 0 Å². The molecule has 0 spiro atoms. The minimum absolute atomic E-state index is 0.202. The SMILES string of the molecule is CC(C(=O)N(C)CC1CCCC1)C1CNC1. The molecule has 2 aliphatic rings. The van der Waals surface area contributed by atoms with Crippen molar-refractivity contribution in [3.8, 4) is 0 Å². The van der Waals surface area contributed by atoms with Gasteiger partial charge in [0.2, 0.25) is 5.91 Å². The lowest BCUT2D eigenvalue weighted by molar-refractivity contribution is -0.136. The Morgan fingerprint density at radius 1 is 1.38 bits per heavy atom. The molecule has 1 unspecified atom stereocenters. The van der Waals surface area contributed by atoms with Crippen LogP contribution in [0.15, 0.2) is 0 Å². The number of rotatable bonds is 4. The van der Waals surface area contributed by atoms with E-state index >= 15 is 0 Å². The van der Waals surface area contributed by atoms with Gasteiger partial charge in [-0.1, -0.05) is 19.8 Å². The molecular formula is C13H24N2O. The second kappa shape index (κ2) is 5.17. The van der Waals surface area contributed by atoms with E-state index < -0.39 is 0 Å². The summed E-state index contributed by atoms with van der Waals surface area (Å²) >= 11 is 0. The van der Waals surface area contributed by atoms with E-state index in [-0.39, 0.29) is 5.92 Å². The number of amides is 1. The molecule has 1 atom stereocenters. The van der Waals surface area contributed by atoms with Gasteiger partial charge in [0.25, 0.3) is 0 Å². The Bertz CT molecular complexity index is 244. The van der Waals surface area contributed by atoms with Gasteiger partial charge in [0, 0.05) is 19.5 Å². The maximum Gasteiger partial charge on any atom is 0.225 e. The van der Waals surface area contributed by atoms with Crippen LogP contribution in [-0.4, -0.2) is 37.5 Å². The zero-order valence-corrected chi connectivity index (χ0v) is 10.5. The summed E-state index contributed by atoms with van der Waals surface area (Å²) in [4.78, 5) is 14.1. The third kappa shape index (κ3) is 2.57. The Morgan fingerprint density at radius 2 is 2.00 bits per heavy atom. The fraction of sp³-hybridized carbons (Fsp3) is 0.923. The van der Waals surface area contributed by atoms with Crippen molar-refractivity contribution in [1.29, 1.82) is 0 Å². The van der Waals surface area contributed by atoms with Crippen molar-refractivity contribution < 1.29 is 4.79 Å². The van der Waals surface area contributed by atoms with E-state index in [0.717, 1.165) is 25.6 Å². The van der Waals surface area contributed by atoms with Crippen LogP contribution in [0.4, 0.5) is 0 Å². The van der Waals surface area contributed by atoms with Crippen LogP contribution in [-0.2, 0) is 4.79 Å². The molecule has 1 heterocycles. The van der Waals surface area contributed by atoms with Gasteiger partial charge in [-0.3, -0.25) is 4.79 Å². The summed E-state index contributed by atoms with van der Waals surface area (Å²) in [6, 6.07) is 0. The number of nitrogens with one attached hydrogen (secondary N) is 1. The van der Waals surface area contributed by atoms with Crippen molar-refractivity contribution in [2.24, 2.45) is 17.8 Å². The molecule has 0 bridgehead atoms. The van der Waals surface area contributed by atoms with Gasteiger partial charge in [-0.2, -0.15) is 0 Å². The van der Waals surface area contributed by atoms with Crippen LogP contribution in [0.25, 0.3) is 0 Å². The van der Waals surface area contributed by atoms with E-state index in [4.69, 9.17) is 0 Å². The lowest BCUT2D eigenvalue weighted by Gasteiger charge is -2.34. The number of carbonyl (C=O) groups excluding carboxylic acids is 1. The third-order valence-corrected chi connectivity index (χ3v) is 4.29. The van der Waals surface area contributed by atoms with E-state index in [1.165, 1.54) is 25.7 Å². The lowest BCUT2D eigenvalue weighted by atomic mass is 9.88. The average molecular weight is 224 g/mol. The normalized spacial score (nSPS) is 24.1. The van der Waals surface area contributed by atoms with Gasteiger partial charge in [-0.15, -0.1) is 0 Å². The molecule has 92 valence electrons. The number of nitrogens with zero attached hydrogens (tertiary/aromatic N) is 1. The molecule has 0 aromatic carbocycles. The summed E-state index contributed by atoms with van der Waals surface area (Å²) in [6.45, 7) is 5.09. The Balaban J connectivity index is 1.78. The Labute approximate surface area is 98.6 Å². The van der Waals surface area contributed by atoms with Crippen LogP contribution in [0.2, 0.25) is 0 Å². The van der Waals surface area contributed by atoms with Crippen LogP contribution in [0.1, 0.15) is 32.6 Å². The fourth-order valence-corrected chi connectivity index (χ4v) is 2.88. The van der Waals surface area contributed by atoms with E-state index in [0.29, 0.717) is 11.8 Å². The summed E-state index contributed by atoms with van der Waals surface area (Å²) in [5.41, 5.74) is 0. The van der Waals surface area contributed by atoms with Gasteiger partial charge in [-0.05, 0) is 37.8 Å². The first-order valence-electron chi connectivity index (χ1n) is 6.64. The quantitative estimate of drug-likeness (QED) is 0.784. The standard InChI is InChI=1S/C13H24N2O/c1-10(12-7-14-8-12)13(16)15(2)9-11-5-3-4-6-11/h10-12,14H,3-9H2,1-2H3. The van der Waals surface area contributed by atoms with Crippen LogP contribution < -0.4 is 5.32 Å². The summed E-state index contributed by atoms with van der Waals surface area (Å²) in [7, 11) is 1.98. The van der Waals surface area contributed by atoms with Gasteiger partial charge in [-0.25, -0.2) is 0 Å². The molecule has 1 saturated heterocycles. The summed E-state index contributed by atoms with van der Waals surface area (Å²) in [6.07, 6.45) is 5.34. The van der Waals surface area contributed by atoms with Crippen molar-refractivity contribution in [2.75, 3.05) is 26.7 Å². The molecule has 2 fully saturated rings. The molecule has 1 aliphatic carbocycles. The number of hydrogen-bond donors (Lipinski definition) is 1. The molecule has 1 amide bonds. The molecule has 3 heteroatoms. The maximum absolute atomic E-state index is 12.2. The second-order valence-corrected chi connectivity index (χ2v) is 5.58. The van der Waals surface area contributed by atoms with Gasteiger partial charge in [0.1, 0.15) is 0 Å². The Morgan fingerprint density at radius 3 is 2.50 bits per heavy atom. The van der Waals surface area contributed by atoms with E-state index in [9.17, 15) is 4.79 Å². The lowest BCUT2D eigenvalue weighted by Crippen LogP contribution is -2.50. The van der Waals surface area contributed by atoms with Crippen LogP contribution in [0.5, 0.6) is 0 Å². The molecule has 1 N–H and O–H groups in total. The highest BCUT2D eigenvalue weighted by Crippen LogP contribution is 2.26. The first kappa shape index (κ1) is 11.9. The molecule has 16 heavy (non-hydrogen) atoms. The minimum Gasteiger partial charge on any atom is -0.345 e. The van der Waals surface area contributed by atoms with Crippen molar-refractivity contribution in [3.63, 3.8) is 0 Å². The monoisotopic (exact) mass is 224 g/mol. The van der Waals surface area contributed by atoms with Crippen LogP contribution in [0, 0.1) is 17.8 Å². The summed E-state index contributed by atoms with van der Waals surface area (Å²) < 4.78 is 0. The third-order valence-electron chi connectivity index (χ3n) is 4.29. The zero-order valence-electron chi connectivity index (χ0n) is 10.5. The summed E-state index contributed by atoms with van der Waals surface area (Å²) in [5.74, 6) is 1.88. The molecule has 3 nitrogen and oxygen atoms in total. The van der Waals surface area contributed by atoms with Gasteiger partial charge >= 0.3 is 0 Å². The predicted octanol–water partition coefficient (Wildman–Crippen LogP) is 1.49. The molecule has 2 rings (SSSR count). The predicted molar refractivity (Wildman–Crippen MR) is 65.1 cm³/mol. The highest BCUT2D eigenvalue weighted by Gasteiger charge is 2.31. The largest absolute Gasteiger partial charge is 0.345 e. The van der Waals surface area contributed by atoms with E-state index in [2.05, 4.69) is 12.2 Å². The molecule has 0 radical (unpaired) electrons.